The average Bonchev–Trinajstić information content (AvgIpc) is 2.91. The minimum absolute atomic E-state index is 0.288. The maximum atomic E-state index is 6.01. The van der Waals surface area contributed by atoms with Crippen LogP contribution in [0.2, 0.25) is 4.34 Å². The molecule has 1 aliphatic heterocycles. The predicted molar refractivity (Wildman–Crippen MR) is 79.4 cm³/mol. The molecule has 2 heterocycles. The minimum Gasteiger partial charge on any atom is -0.329 e. The van der Waals surface area contributed by atoms with Crippen molar-refractivity contribution in [1.29, 1.82) is 0 Å². The quantitative estimate of drug-likeness (QED) is 0.903. The van der Waals surface area contributed by atoms with Crippen molar-refractivity contribution in [3.05, 3.63) is 21.3 Å². The van der Waals surface area contributed by atoms with Gasteiger partial charge < -0.3 is 10.6 Å². The molecule has 5 heteroatoms. The number of hydrogen-bond donors (Lipinski definition) is 1. The molecule has 102 valence electrons. The van der Waals surface area contributed by atoms with Crippen LogP contribution in [0.15, 0.2) is 12.1 Å². The summed E-state index contributed by atoms with van der Waals surface area (Å²) in [6.45, 7) is 2.94. The molecule has 0 bridgehead atoms. The van der Waals surface area contributed by atoms with Crippen LogP contribution in [0.4, 0.5) is 0 Å². The number of hydrogen-bond acceptors (Lipinski definition) is 4. The number of likely N-dealkylation sites (N-methyl/N-ethyl adjacent to an activating group) is 2. The van der Waals surface area contributed by atoms with Gasteiger partial charge in [0.05, 0.1) is 10.4 Å². The number of nitrogens with two attached hydrogens (primary N) is 1. The second-order valence-corrected chi connectivity index (χ2v) is 6.86. The van der Waals surface area contributed by atoms with Crippen molar-refractivity contribution in [1.82, 2.24) is 9.80 Å². The molecule has 1 fully saturated rings. The third-order valence-electron chi connectivity index (χ3n) is 3.85. The molecule has 1 aliphatic rings. The fourth-order valence-corrected chi connectivity index (χ4v) is 3.93. The van der Waals surface area contributed by atoms with E-state index < -0.39 is 0 Å². The van der Waals surface area contributed by atoms with Crippen molar-refractivity contribution in [2.75, 3.05) is 33.7 Å². The summed E-state index contributed by atoms with van der Waals surface area (Å²) in [6.07, 6.45) is 2.61. The largest absolute Gasteiger partial charge is 0.329 e. The van der Waals surface area contributed by atoms with Gasteiger partial charge in [-0.1, -0.05) is 11.6 Å². The van der Waals surface area contributed by atoms with Gasteiger partial charge >= 0.3 is 0 Å². The SMILES string of the molecule is CN1CCCC1CN(C)C(CN)c1ccc(Cl)s1. The Labute approximate surface area is 119 Å². The molecule has 1 aromatic heterocycles. The van der Waals surface area contributed by atoms with Gasteiger partial charge in [-0.25, -0.2) is 0 Å². The number of likely N-dealkylation sites (tertiary alicyclic amines) is 1. The lowest BCUT2D eigenvalue weighted by molar-refractivity contribution is 0.181. The van der Waals surface area contributed by atoms with Gasteiger partial charge in [0.25, 0.3) is 0 Å². The first-order chi connectivity index (χ1) is 8.61. The molecule has 0 amide bonds. The van der Waals surface area contributed by atoms with Crippen molar-refractivity contribution in [2.45, 2.75) is 24.9 Å². The van der Waals surface area contributed by atoms with Crippen molar-refractivity contribution in [3.8, 4) is 0 Å². The minimum atomic E-state index is 0.288. The van der Waals surface area contributed by atoms with Gasteiger partial charge in [-0.2, -0.15) is 0 Å². The smallest absolute Gasteiger partial charge is 0.0931 e. The second kappa shape index (κ2) is 6.35. The highest BCUT2D eigenvalue weighted by atomic mass is 35.5. The first kappa shape index (κ1) is 14.3. The van der Waals surface area contributed by atoms with E-state index in [1.807, 2.05) is 6.07 Å². The first-order valence-corrected chi connectivity index (χ1v) is 7.67. The molecule has 0 saturated carbocycles. The van der Waals surface area contributed by atoms with E-state index in [1.54, 1.807) is 11.3 Å². The summed E-state index contributed by atoms with van der Waals surface area (Å²) >= 11 is 7.65. The monoisotopic (exact) mass is 287 g/mol. The zero-order chi connectivity index (χ0) is 13.1. The summed E-state index contributed by atoms with van der Waals surface area (Å²) in [6, 6.07) is 5.01. The number of thiophene rings is 1. The maximum absolute atomic E-state index is 6.01. The maximum Gasteiger partial charge on any atom is 0.0931 e. The summed E-state index contributed by atoms with van der Waals surface area (Å²) in [5.74, 6) is 0. The predicted octanol–water partition coefficient (Wildman–Crippen LogP) is 2.43. The lowest BCUT2D eigenvalue weighted by Crippen LogP contribution is -2.40. The van der Waals surface area contributed by atoms with Crippen LogP contribution >= 0.6 is 22.9 Å². The van der Waals surface area contributed by atoms with Gasteiger partial charge in [-0.3, -0.25) is 4.90 Å². The van der Waals surface area contributed by atoms with Crippen molar-refractivity contribution < 1.29 is 0 Å². The summed E-state index contributed by atoms with van der Waals surface area (Å²) in [7, 11) is 4.38. The number of halogens is 1. The fraction of sp³-hybridized carbons (Fsp3) is 0.692. The molecule has 0 aliphatic carbocycles. The van der Waals surface area contributed by atoms with E-state index in [9.17, 15) is 0 Å². The van der Waals surface area contributed by atoms with Crippen molar-refractivity contribution in [3.63, 3.8) is 0 Å². The fourth-order valence-electron chi connectivity index (χ4n) is 2.69. The molecule has 2 atom stereocenters. The molecule has 1 aromatic rings. The standard InChI is InChI=1S/C13H22ClN3S/c1-16-7-3-4-10(16)9-17(2)11(8-15)12-5-6-13(14)18-12/h5-6,10-11H,3-4,7-9,15H2,1-2H3. The van der Waals surface area contributed by atoms with E-state index in [1.165, 1.54) is 24.3 Å². The number of nitrogens with zero attached hydrogens (tertiary/aromatic N) is 2. The Bertz CT molecular complexity index is 382. The lowest BCUT2D eigenvalue weighted by atomic mass is 10.1. The summed E-state index contributed by atoms with van der Waals surface area (Å²) in [5, 5.41) is 0. The van der Waals surface area contributed by atoms with E-state index in [0.717, 1.165) is 10.9 Å². The highest BCUT2D eigenvalue weighted by molar-refractivity contribution is 7.16. The van der Waals surface area contributed by atoms with Crippen LogP contribution in [0.25, 0.3) is 0 Å². The topological polar surface area (TPSA) is 32.5 Å². The van der Waals surface area contributed by atoms with Gasteiger partial charge in [0.1, 0.15) is 0 Å². The van der Waals surface area contributed by atoms with Crippen molar-refractivity contribution in [2.24, 2.45) is 5.73 Å². The highest BCUT2D eigenvalue weighted by Crippen LogP contribution is 2.30. The summed E-state index contributed by atoms with van der Waals surface area (Å²) in [5.41, 5.74) is 5.93. The highest BCUT2D eigenvalue weighted by Gasteiger charge is 2.25. The molecule has 1 saturated heterocycles. The molecule has 2 unspecified atom stereocenters. The van der Waals surface area contributed by atoms with E-state index in [2.05, 4.69) is 30.0 Å². The zero-order valence-corrected chi connectivity index (χ0v) is 12.7. The molecule has 18 heavy (non-hydrogen) atoms. The van der Waals surface area contributed by atoms with E-state index in [-0.39, 0.29) is 6.04 Å². The van der Waals surface area contributed by atoms with Crippen molar-refractivity contribution >= 4 is 22.9 Å². The Hall–Kier alpha value is -0.130. The van der Waals surface area contributed by atoms with Gasteiger partial charge in [-0.05, 0) is 45.6 Å². The van der Waals surface area contributed by atoms with Crippen LogP contribution < -0.4 is 5.73 Å². The normalized spacial score (nSPS) is 22.8. The van der Waals surface area contributed by atoms with E-state index >= 15 is 0 Å². The van der Waals surface area contributed by atoms with Gasteiger partial charge in [0.15, 0.2) is 0 Å². The van der Waals surface area contributed by atoms with Crippen LogP contribution in [0.1, 0.15) is 23.8 Å². The molecular weight excluding hydrogens is 266 g/mol. The Morgan fingerprint density at radius 3 is 2.89 bits per heavy atom. The molecule has 2 N–H and O–H groups in total. The average molecular weight is 288 g/mol. The molecule has 0 spiro atoms. The van der Waals surface area contributed by atoms with Gasteiger partial charge in [-0.15, -0.1) is 11.3 Å². The Balaban J connectivity index is 1.99. The summed E-state index contributed by atoms with van der Waals surface area (Å²) in [4.78, 5) is 6.09. The van der Waals surface area contributed by atoms with E-state index in [0.29, 0.717) is 12.6 Å². The zero-order valence-electron chi connectivity index (χ0n) is 11.1. The first-order valence-electron chi connectivity index (χ1n) is 6.47. The molecule has 3 nitrogen and oxygen atoms in total. The van der Waals surface area contributed by atoms with Crippen LogP contribution in [-0.4, -0.2) is 49.6 Å². The third-order valence-corrected chi connectivity index (χ3v) is 5.18. The number of rotatable bonds is 5. The van der Waals surface area contributed by atoms with Crippen LogP contribution in [0, 0.1) is 0 Å². The van der Waals surface area contributed by atoms with Crippen LogP contribution in [0.5, 0.6) is 0 Å². The van der Waals surface area contributed by atoms with Crippen LogP contribution in [-0.2, 0) is 0 Å². The summed E-state index contributed by atoms with van der Waals surface area (Å²) < 4.78 is 0.842. The molecule has 0 radical (unpaired) electrons. The molecular formula is C13H22ClN3S. The van der Waals surface area contributed by atoms with Gasteiger partial charge in [0.2, 0.25) is 0 Å². The Morgan fingerprint density at radius 1 is 1.61 bits per heavy atom. The Morgan fingerprint density at radius 2 is 2.39 bits per heavy atom. The van der Waals surface area contributed by atoms with Gasteiger partial charge in [0, 0.05) is 24.0 Å². The lowest BCUT2D eigenvalue weighted by Gasteiger charge is -2.31. The molecule has 2 rings (SSSR count). The second-order valence-electron chi connectivity index (χ2n) is 5.11. The van der Waals surface area contributed by atoms with E-state index in [4.69, 9.17) is 17.3 Å². The van der Waals surface area contributed by atoms with Crippen LogP contribution in [0.3, 0.4) is 0 Å². The Kier molecular flexibility index (Phi) is 5.04. The molecule has 0 aromatic carbocycles. The third kappa shape index (κ3) is 3.25.